The summed E-state index contributed by atoms with van der Waals surface area (Å²) in [4.78, 5) is 14.7. The quantitative estimate of drug-likeness (QED) is 0.901. The topological polar surface area (TPSA) is 45.5 Å². The molecule has 0 aromatic carbocycles. The normalized spacial score (nSPS) is 20.6. The molecule has 1 aliphatic heterocycles. The van der Waals surface area contributed by atoms with Gasteiger partial charge in [0.05, 0.1) is 13.2 Å². The van der Waals surface area contributed by atoms with Crippen LogP contribution in [0, 0.1) is 5.92 Å². The molecule has 0 bridgehead atoms. The molecule has 110 valence electrons. The van der Waals surface area contributed by atoms with Gasteiger partial charge in [-0.15, -0.1) is 0 Å². The Labute approximate surface area is 120 Å². The van der Waals surface area contributed by atoms with Crippen molar-refractivity contribution in [3.63, 3.8) is 0 Å². The molecule has 0 saturated heterocycles. The molecule has 2 heterocycles. The van der Waals surface area contributed by atoms with Crippen LogP contribution in [0.2, 0.25) is 0 Å². The zero-order valence-electron chi connectivity index (χ0n) is 12.1. The molecule has 0 spiro atoms. The van der Waals surface area contributed by atoms with Gasteiger partial charge in [0.25, 0.3) is 0 Å². The number of aromatic nitrogens is 1. The average Bonchev–Trinajstić information content (AvgIpc) is 2.78. The second kappa shape index (κ2) is 6.00. The molecule has 1 fully saturated rings. The van der Waals surface area contributed by atoms with Crippen LogP contribution in [0.4, 0.5) is 0 Å². The zero-order valence-corrected chi connectivity index (χ0v) is 12.1. The van der Waals surface area contributed by atoms with E-state index in [4.69, 9.17) is 0 Å². The number of nitrogens with zero attached hydrogens (tertiary/aromatic N) is 2. The molecule has 0 radical (unpaired) electrons. The van der Waals surface area contributed by atoms with Gasteiger partial charge < -0.3 is 14.6 Å². The Kier molecular flexibility index (Phi) is 4.10. The van der Waals surface area contributed by atoms with Gasteiger partial charge in [0.2, 0.25) is 5.91 Å². The number of aliphatic hydroxyl groups is 1. The lowest BCUT2D eigenvalue weighted by atomic mass is 9.88. The van der Waals surface area contributed by atoms with Crippen molar-refractivity contribution in [1.82, 2.24) is 9.47 Å². The van der Waals surface area contributed by atoms with Gasteiger partial charge in [-0.3, -0.25) is 4.79 Å². The highest BCUT2D eigenvalue weighted by Gasteiger charge is 2.27. The SMILES string of the molecule is O=C(C1CCCCC1)N1CCCn2cc(CO)cc2C1. The highest BCUT2D eigenvalue weighted by atomic mass is 16.3. The molecular formula is C16H24N2O2. The van der Waals surface area contributed by atoms with Crippen molar-refractivity contribution >= 4 is 5.91 Å². The van der Waals surface area contributed by atoms with Crippen LogP contribution in [0.25, 0.3) is 0 Å². The van der Waals surface area contributed by atoms with E-state index in [1.807, 2.05) is 17.2 Å². The molecule has 0 unspecified atom stereocenters. The lowest BCUT2D eigenvalue weighted by molar-refractivity contribution is -0.137. The van der Waals surface area contributed by atoms with Crippen LogP contribution in [0.15, 0.2) is 12.3 Å². The molecule has 1 aromatic rings. The van der Waals surface area contributed by atoms with Crippen molar-refractivity contribution in [2.45, 2.75) is 58.2 Å². The van der Waals surface area contributed by atoms with Gasteiger partial charge >= 0.3 is 0 Å². The first-order valence-corrected chi connectivity index (χ1v) is 7.85. The van der Waals surface area contributed by atoms with E-state index < -0.39 is 0 Å². The van der Waals surface area contributed by atoms with Crippen LogP contribution >= 0.6 is 0 Å². The number of aliphatic hydroxyl groups excluding tert-OH is 1. The van der Waals surface area contributed by atoms with E-state index in [2.05, 4.69) is 4.57 Å². The number of fused-ring (bicyclic) bond motifs is 1. The Morgan fingerprint density at radius 2 is 2.00 bits per heavy atom. The van der Waals surface area contributed by atoms with Crippen LogP contribution in [-0.2, 0) is 24.5 Å². The monoisotopic (exact) mass is 276 g/mol. The van der Waals surface area contributed by atoms with Gasteiger partial charge in [-0.25, -0.2) is 0 Å². The van der Waals surface area contributed by atoms with E-state index in [0.717, 1.165) is 43.6 Å². The van der Waals surface area contributed by atoms with Crippen molar-refractivity contribution in [2.24, 2.45) is 5.92 Å². The third-order valence-corrected chi connectivity index (χ3v) is 4.67. The van der Waals surface area contributed by atoms with E-state index in [1.165, 1.54) is 19.3 Å². The number of aryl methyl sites for hydroxylation is 1. The third-order valence-electron chi connectivity index (χ3n) is 4.67. The zero-order chi connectivity index (χ0) is 13.9. The molecule has 2 aliphatic rings. The first-order valence-electron chi connectivity index (χ1n) is 7.85. The van der Waals surface area contributed by atoms with Gasteiger partial charge in [0.15, 0.2) is 0 Å². The molecule has 1 N–H and O–H groups in total. The van der Waals surface area contributed by atoms with Gasteiger partial charge in [0.1, 0.15) is 0 Å². The number of hydrogen-bond donors (Lipinski definition) is 1. The summed E-state index contributed by atoms with van der Waals surface area (Å²) in [5, 5.41) is 9.24. The van der Waals surface area contributed by atoms with Gasteiger partial charge in [-0.1, -0.05) is 19.3 Å². The highest BCUT2D eigenvalue weighted by molar-refractivity contribution is 5.79. The highest BCUT2D eigenvalue weighted by Crippen LogP contribution is 2.27. The summed E-state index contributed by atoms with van der Waals surface area (Å²) < 4.78 is 2.19. The van der Waals surface area contributed by atoms with Crippen molar-refractivity contribution in [1.29, 1.82) is 0 Å². The van der Waals surface area contributed by atoms with Crippen LogP contribution in [0.1, 0.15) is 49.8 Å². The smallest absolute Gasteiger partial charge is 0.226 e. The number of rotatable bonds is 2. The van der Waals surface area contributed by atoms with E-state index >= 15 is 0 Å². The first kappa shape index (κ1) is 13.7. The van der Waals surface area contributed by atoms with Crippen LogP contribution < -0.4 is 0 Å². The average molecular weight is 276 g/mol. The maximum absolute atomic E-state index is 12.7. The van der Waals surface area contributed by atoms with Crippen molar-refractivity contribution in [2.75, 3.05) is 6.54 Å². The molecule has 1 amide bonds. The fourth-order valence-corrected chi connectivity index (χ4v) is 3.55. The predicted octanol–water partition coefficient (Wildman–Crippen LogP) is 2.29. The van der Waals surface area contributed by atoms with Gasteiger partial charge in [-0.2, -0.15) is 0 Å². The maximum Gasteiger partial charge on any atom is 0.226 e. The molecule has 1 aromatic heterocycles. The summed E-state index contributed by atoms with van der Waals surface area (Å²) in [6.07, 6.45) is 8.85. The van der Waals surface area contributed by atoms with Crippen LogP contribution in [0.3, 0.4) is 0 Å². The fourth-order valence-electron chi connectivity index (χ4n) is 3.55. The van der Waals surface area contributed by atoms with E-state index in [1.54, 1.807) is 0 Å². The molecule has 20 heavy (non-hydrogen) atoms. The number of carbonyl (C=O) groups is 1. The van der Waals surface area contributed by atoms with E-state index in [9.17, 15) is 9.90 Å². The molecule has 1 saturated carbocycles. The maximum atomic E-state index is 12.7. The molecule has 1 aliphatic carbocycles. The molecule has 4 heteroatoms. The Bertz CT molecular complexity index is 475. The molecule has 0 atom stereocenters. The minimum Gasteiger partial charge on any atom is -0.392 e. The van der Waals surface area contributed by atoms with Crippen molar-refractivity contribution < 1.29 is 9.90 Å². The van der Waals surface area contributed by atoms with Crippen molar-refractivity contribution in [3.05, 3.63) is 23.5 Å². The minimum atomic E-state index is 0.0799. The number of carbonyl (C=O) groups excluding carboxylic acids is 1. The molecule has 4 nitrogen and oxygen atoms in total. The lowest BCUT2D eigenvalue weighted by Gasteiger charge is -2.28. The second-order valence-corrected chi connectivity index (χ2v) is 6.14. The summed E-state index contributed by atoms with van der Waals surface area (Å²) in [6.45, 7) is 2.60. The Morgan fingerprint density at radius 3 is 2.75 bits per heavy atom. The standard InChI is InChI=1S/C16H24N2O2/c19-12-13-9-15-11-18(8-4-7-17(15)10-13)16(20)14-5-2-1-3-6-14/h9-10,14,19H,1-8,11-12H2. The van der Waals surface area contributed by atoms with Crippen LogP contribution in [0.5, 0.6) is 0 Å². The summed E-state index contributed by atoms with van der Waals surface area (Å²) in [5.74, 6) is 0.604. The summed E-state index contributed by atoms with van der Waals surface area (Å²) in [6, 6.07) is 2.03. The largest absolute Gasteiger partial charge is 0.392 e. The van der Waals surface area contributed by atoms with Gasteiger partial charge in [0, 0.05) is 30.9 Å². The third kappa shape index (κ3) is 2.75. The first-order chi connectivity index (χ1) is 9.78. The van der Waals surface area contributed by atoms with Gasteiger partial charge in [-0.05, 0) is 30.9 Å². The molecule has 3 rings (SSSR count). The van der Waals surface area contributed by atoms with E-state index in [0.29, 0.717) is 12.5 Å². The number of amides is 1. The van der Waals surface area contributed by atoms with Crippen molar-refractivity contribution in [3.8, 4) is 0 Å². The molecular weight excluding hydrogens is 252 g/mol. The summed E-state index contributed by atoms with van der Waals surface area (Å²) >= 11 is 0. The lowest BCUT2D eigenvalue weighted by Crippen LogP contribution is -2.36. The van der Waals surface area contributed by atoms with Crippen LogP contribution in [-0.4, -0.2) is 27.0 Å². The summed E-state index contributed by atoms with van der Waals surface area (Å²) in [5.41, 5.74) is 2.11. The predicted molar refractivity (Wildman–Crippen MR) is 77.0 cm³/mol. The Morgan fingerprint density at radius 1 is 1.20 bits per heavy atom. The number of hydrogen-bond acceptors (Lipinski definition) is 2. The second-order valence-electron chi connectivity index (χ2n) is 6.14. The Balaban J connectivity index is 1.72. The van der Waals surface area contributed by atoms with E-state index in [-0.39, 0.29) is 12.5 Å². The Hall–Kier alpha value is -1.29. The minimum absolute atomic E-state index is 0.0799. The summed E-state index contributed by atoms with van der Waals surface area (Å²) in [7, 11) is 0. The fraction of sp³-hybridized carbons (Fsp3) is 0.688.